The number of carbonyl (C=O) groups excluding carboxylic acids is 1. The summed E-state index contributed by atoms with van der Waals surface area (Å²) in [5.74, 6) is 1.33. The van der Waals surface area contributed by atoms with Gasteiger partial charge in [0.05, 0.1) is 6.61 Å². The van der Waals surface area contributed by atoms with E-state index in [1.54, 1.807) is 12.1 Å². The SMILES string of the molecule is CCCCCC(B1OC2CCCC1CCC2)/C(C(=O)OCC)=C(/B1C2CCCC1CCC2)c1ccc(F)cc1. The van der Waals surface area contributed by atoms with Crippen molar-refractivity contribution in [2.75, 3.05) is 6.61 Å². The second kappa shape index (κ2) is 13.9. The lowest BCUT2D eigenvalue weighted by atomic mass is 9.22. The van der Waals surface area contributed by atoms with Gasteiger partial charge in [0.15, 0.2) is 6.71 Å². The van der Waals surface area contributed by atoms with Gasteiger partial charge in [0.25, 0.3) is 0 Å². The Morgan fingerprint density at radius 2 is 1.49 bits per heavy atom. The zero-order chi connectivity index (χ0) is 27.2. The van der Waals surface area contributed by atoms with Gasteiger partial charge in [-0.3, -0.25) is 0 Å². The standard InChI is InChI=1S/C33H49B2FO3/c1-3-5-6-19-30(35-27-15-9-17-29(39-35)18-10-16-27)31(33(37)38-4-2)32(24-20-22-28(36)23-21-24)34-25-11-7-12-26(34)14-8-13-25/h20-23,25-27,29-30H,3-19H2,1-2H3/b32-31-. The van der Waals surface area contributed by atoms with Crippen LogP contribution in [0.25, 0.3) is 5.47 Å². The summed E-state index contributed by atoms with van der Waals surface area (Å²) in [6, 6.07) is 7.03. The van der Waals surface area contributed by atoms with Crippen molar-refractivity contribution < 1.29 is 18.6 Å². The fourth-order valence-corrected chi connectivity index (χ4v) is 8.79. The van der Waals surface area contributed by atoms with Crippen LogP contribution in [0.2, 0.25) is 23.3 Å². The van der Waals surface area contributed by atoms with Gasteiger partial charge in [-0.1, -0.05) is 126 Å². The molecule has 0 aliphatic carbocycles. The lowest BCUT2D eigenvalue weighted by Crippen LogP contribution is -2.40. The summed E-state index contributed by atoms with van der Waals surface area (Å²) >= 11 is 0. The number of benzene rings is 1. The number of carbonyl (C=O) groups is 1. The molecule has 0 amide bonds. The number of hydrogen-bond acceptors (Lipinski definition) is 3. The van der Waals surface area contributed by atoms with Crippen LogP contribution in [-0.2, 0) is 14.2 Å². The van der Waals surface area contributed by atoms with Gasteiger partial charge in [0.2, 0.25) is 0 Å². The van der Waals surface area contributed by atoms with Crippen molar-refractivity contribution in [2.45, 2.75) is 146 Å². The number of esters is 1. The smallest absolute Gasteiger partial charge is 0.333 e. The summed E-state index contributed by atoms with van der Waals surface area (Å²) in [5.41, 5.74) is 3.10. The highest BCUT2D eigenvalue weighted by Crippen LogP contribution is 2.54. The third-order valence-electron chi connectivity index (χ3n) is 10.5. The van der Waals surface area contributed by atoms with Gasteiger partial charge in [0.1, 0.15) is 5.82 Å². The van der Waals surface area contributed by atoms with Gasteiger partial charge in [0, 0.05) is 11.7 Å². The van der Waals surface area contributed by atoms with E-state index >= 15 is 0 Å². The van der Waals surface area contributed by atoms with E-state index in [9.17, 15) is 9.18 Å². The van der Waals surface area contributed by atoms with Crippen molar-refractivity contribution in [3.05, 3.63) is 41.2 Å². The molecule has 4 heterocycles. The van der Waals surface area contributed by atoms with E-state index in [1.807, 2.05) is 19.1 Å². The Labute approximate surface area is 237 Å². The summed E-state index contributed by atoms with van der Waals surface area (Å²) in [7, 11) is 0. The normalized spacial score (nSPS) is 28.4. The van der Waals surface area contributed by atoms with Crippen LogP contribution in [0.5, 0.6) is 0 Å². The zero-order valence-electron chi connectivity index (χ0n) is 24.5. The van der Waals surface area contributed by atoms with Crippen LogP contribution >= 0.6 is 0 Å². The van der Waals surface area contributed by atoms with E-state index in [0.29, 0.717) is 36.9 Å². The van der Waals surface area contributed by atoms with Crippen LogP contribution < -0.4 is 0 Å². The first kappa shape index (κ1) is 29.0. The summed E-state index contributed by atoms with van der Waals surface area (Å²) in [6.45, 7) is 4.95. The van der Waals surface area contributed by atoms with Gasteiger partial charge in [-0.2, -0.15) is 0 Å². The monoisotopic (exact) mass is 534 g/mol. The second-order valence-electron chi connectivity index (χ2n) is 12.9. The molecule has 1 atom stereocenters. The Morgan fingerprint density at radius 1 is 0.897 bits per heavy atom. The highest BCUT2D eigenvalue weighted by molar-refractivity contribution is 6.83. The molecule has 0 spiro atoms. The number of fused-ring (bicyclic) bond motifs is 5. The van der Waals surface area contributed by atoms with Crippen molar-refractivity contribution in [2.24, 2.45) is 0 Å². The maximum absolute atomic E-state index is 14.3. The summed E-state index contributed by atoms with van der Waals surface area (Å²) in [6.07, 6.45) is 19.3. The van der Waals surface area contributed by atoms with Crippen LogP contribution in [-0.4, -0.2) is 32.3 Å². The molecule has 0 saturated carbocycles. The molecule has 4 bridgehead atoms. The Morgan fingerprint density at radius 3 is 2.08 bits per heavy atom. The zero-order valence-corrected chi connectivity index (χ0v) is 24.5. The van der Waals surface area contributed by atoms with Gasteiger partial charge in [-0.05, 0) is 49.1 Å². The third-order valence-corrected chi connectivity index (χ3v) is 10.5. The lowest BCUT2D eigenvalue weighted by Gasteiger charge is -2.43. The predicted molar refractivity (Wildman–Crippen MR) is 161 cm³/mol. The molecule has 4 saturated heterocycles. The molecule has 0 N–H and O–H groups in total. The number of ether oxygens (including phenoxy) is 1. The molecule has 0 radical (unpaired) electrons. The highest BCUT2D eigenvalue weighted by Gasteiger charge is 2.48. The van der Waals surface area contributed by atoms with Gasteiger partial charge in [-0.25, -0.2) is 9.18 Å². The molecule has 3 nitrogen and oxygen atoms in total. The van der Waals surface area contributed by atoms with Gasteiger partial charge < -0.3 is 9.39 Å². The molecule has 5 rings (SSSR count). The van der Waals surface area contributed by atoms with E-state index < -0.39 is 0 Å². The molecular formula is C33H49B2FO3. The molecule has 39 heavy (non-hydrogen) atoms. The Kier molecular flexibility index (Phi) is 10.3. The first-order valence-corrected chi connectivity index (χ1v) is 16.4. The van der Waals surface area contributed by atoms with Gasteiger partial charge >= 0.3 is 12.9 Å². The van der Waals surface area contributed by atoms with Crippen molar-refractivity contribution in [3.63, 3.8) is 0 Å². The Balaban J connectivity index is 1.70. The molecule has 1 aromatic carbocycles. The average Bonchev–Trinajstić information content (AvgIpc) is 3.24. The van der Waals surface area contributed by atoms with E-state index in [0.717, 1.165) is 49.7 Å². The average molecular weight is 534 g/mol. The van der Waals surface area contributed by atoms with Gasteiger partial charge in [-0.15, -0.1) is 0 Å². The van der Waals surface area contributed by atoms with Crippen molar-refractivity contribution in [3.8, 4) is 0 Å². The fraction of sp³-hybridized carbons (Fsp3) is 0.727. The first-order valence-electron chi connectivity index (χ1n) is 16.4. The Hall–Kier alpha value is -1.55. The maximum atomic E-state index is 14.3. The molecule has 6 heteroatoms. The molecule has 4 aliphatic rings. The van der Waals surface area contributed by atoms with E-state index in [-0.39, 0.29) is 24.5 Å². The summed E-state index contributed by atoms with van der Waals surface area (Å²) < 4.78 is 27.2. The summed E-state index contributed by atoms with van der Waals surface area (Å²) in [5, 5.41) is 0. The molecule has 4 fully saturated rings. The first-order chi connectivity index (χ1) is 19.1. The third kappa shape index (κ3) is 6.68. The Bertz CT molecular complexity index is 948. The number of unbranched alkanes of at least 4 members (excludes halogenated alkanes) is 2. The topological polar surface area (TPSA) is 35.5 Å². The van der Waals surface area contributed by atoms with Crippen LogP contribution in [0.3, 0.4) is 0 Å². The predicted octanol–water partition coefficient (Wildman–Crippen LogP) is 9.35. The van der Waals surface area contributed by atoms with E-state index in [1.165, 1.54) is 69.7 Å². The molecule has 1 aromatic rings. The highest BCUT2D eigenvalue weighted by atomic mass is 19.1. The van der Waals surface area contributed by atoms with Crippen LogP contribution in [0.4, 0.5) is 4.39 Å². The molecule has 0 aromatic heterocycles. The molecule has 4 aliphatic heterocycles. The summed E-state index contributed by atoms with van der Waals surface area (Å²) in [4.78, 5) is 14.3. The quantitative estimate of drug-likeness (QED) is 0.130. The van der Waals surface area contributed by atoms with Crippen molar-refractivity contribution in [1.29, 1.82) is 0 Å². The van der Waals surface area contributed by atoms with Crippen LogP contribution in [0.1, 0.15) is 122 Å². The lowest BCUT2D eigenvalue weighted by molar-refractivity contribution is -0.138. The fourth-order valence-electron chi connectivity index (χ4n) is 8.79. The molecule has 1 unspecified atom stereocenters. The minimum absolute atomic E-state index is 0.0296. The minimum atomic E-state index is -0.222. The van der Waals surface area contributed by atoms with E-state index in [2.05, 4.69) is 6.92 Å². The maximum Gasteiger partial charge on any atom is 0.333 e. The van der Waals surface area contributed by atoms with Crippen molar-refractivity contribution in [1.82, 2.24) is 0 Å². The van der Waals surface area contributed by atoms with Crippen molar-refractivity contribution >= 4 is 25.1 Å². The largest absolute Gasteiger partial charge is 0.463 e. The molecular weight excluding hydrogens is 485 g/mol. The number of rotatable bonds is 10. The minimum Gasteiger partial charge on any atom is -0.463 e. The number of hydrogen-bond donors (Lipinski definition) is 0. The van der Waals surface area contributed by atoms with E-state index in [4.69, 9.17) is 9.39 Å². The van der Waals surface area contributed by atoms with Crippen LogP contribution in [0.15, 0.2) is 29.8 Å². The second-order valence-corrected chi connectivity index (χ2v) is 12.9. The van der Waals surface area contributed by atoms with Crippen LogP contribution in [0, 0.1) is 5.82 Å². The molecule has 212 valence electrons. The number of halogens is 1.